The zero-order valence-electron chi connectivity index (χ0n) is 12.7. The van der Waals surface area contributed by atoms with Crippen LogP contribution in [0.1, 0.15) is 24.0 Å². The Labute approximate surface area is 135 Å². The molecule has 0 unspecified atom stereocenters. The fraction of sp³-hybridized carbons (Fsp3) is 0.350. The first-order valence-electron chi connectivity index (χ1n) is 8.31. The second-order valence-corrected chi connectivity index (χ2v) is 6.88. The largest absolute Gasteiger partial charge is 0.348 e. The molecule has 3 nitrogen and oxygen atoms in total. The van der Waals surface area contributed by atoms with Gasteiger partial charge in [-0.05, 0) is 29.9 Å². The molecule has 2 bridgehead atoms. The number of carbonyl (C=O) groups excluding carboxylic acids is 1. The number of benzene rings is 2. The van der Waals surface area contributed by atoms with E-state index in [1.165, 1.54) is 11.1 Å². The highest BCUT2D eigenvalue weighted by atomic mass is 17.2. The van der Waals surface area contributed by atoms with Crippen molar-refractivity contribution in [1.29, 1.82) is 0 Å². The molecule has 116 valence electrons. The third-order valence-electron chi connectivity index (χ3n) is 6.16. The highest BCUT2D eigenvalue weighted by Crippen LogP contribution is 2.66. The van der Waals surface area contributed by atoms with E-state index in [-0.39, 0.29) is 35.2 Å². The minimum absolute atomic E-state index is 0.110. The topological polar surface area (TPSA) is 35.5 Å². The number of hydrogen-bond donors (Lipinski definition) is 0. The molecule has 2 saturated carbocycles. The summed E-state index contributed by atoms with van der Waals surface area (Å²) in [5.41, 5.74) is 2.45. The van der Waals surface area contributed by atoms with E-state index in [0.717, 1.165) is 12.8 Å². The van der Waals surface area contributed by atoms with Gasteiger partial charge in [0.05, 0.1) is 5.92 Å². The summed E-state index contributed by atoms with van der Waals surface area (Å²) < 4.78 is 0. The molecule has 4 atom stereocenters. The van der Waals surface area contributed by atoms with Crippen LogP contribution in [0.25, 0.3) is 0 Å². The third kappa shape index (κ3) is 1.56. The second-order valence-electron chi connectivity index (χ2n) is 6.88. The first-order valence-corrected chi connectivity index (χ1v) is 8.31. The Balaban J connectivity index is 1.76. The molecular weight excluding hydrogens is 288 g/mol. The van der Waals surface area contributed by atoms with Gasteiger partial charge in [0.2, 0.25) is 0 Å². The van der Waals surface area contributed by atoms with Crippen LogP contribution < -0.4 is 0 Å². The van der Waals surface area contributed by atoms with Gasteiger partial charge in [-0.3, -0.25) is 4.89 Å². The van der Waals surface area contributed by atoms with Crippen LogP contribution in [0.5, 0.6) is 0 Å². The Bertz CT molecular complexity index is 700. The SMILES string of the molecule is O=C1OO[C@H]2[C@H]1[C@@H]1CC[C@H]2C1(c1ccccc1)c1ccccc1. The van der Waals surface area contributed by atoms with Crippen molar-refractivity contribution < 1.29 is 14.6 Å². The van der Waals surface area contributed by atoms with Crippen molar-refractivity contribution in [2.45, 2.75) is 24.4 Å². The predicted molar refractivity (Wildman–Crippen MR) is 84.3 cm³/mol. The van der Waals surface area contributed by atoms with Crippen molar-refractivity contribution in [2.75, 3.05) is 0 Å². The summed E-state index contributed by atoms with van der Waals surface area (Å²) in [6, 6.07) is 21.2. The highest BCUT2D eigenvalue weighted by molar-refractivity contribution is 5.76. The van der Waals surface area contributed by atoms with Crippen LogP contribution in [0, 0.1) is 17.8 Å². The molecular formula is C20H18O3. The molecule has 23 heavy (non-hydrogen) atoms. The molecule has 2 aromatic carbocycles. The summed E-state index contributed by atoms with van der Waals surface area (Å²) in [7, 11) is 0. The van der Waals surface area contributed by atoms with Crippen LogP contribution in [0.2, 0.25) is 0 Å². The number of carbonyl (C=O) groups is 1. The van der Waals surface area contributed by atoms with Crippen LogP contribution in [-0.4, -0.2) is 12.1 Å². The molecule has 0 spiro atoms. The van der Waals surface area contributed by atoms with Gasteiger partial charge in [-0.15, -0.1) is 0 Å². The first kappa shape index (κ1) is 13.3. The Morgan fingerprint density at radius 2 is 1.39 bits per heavy atom. The van der Waals surface area contributed by atoms with Crippen molar-refractivity contribution in [3.05, 3.63) is 71.8 Å². The zero-order valence-corrected chi connectivity index (χ0v) is 12.7. The van der Waals surface area contributed by atoms with Crippen LogP contribution in [0.15, 0.2) is 60.7 Å². The lowest BCUT2D eigenvalue weighted by molar-refractivity contribution is -0.270. The average molecular weight is 306 g/mol. The highest BCUT2D eigenvalue weighted by Gasteiger charge is 2.70. The Morgan fingerprint density at radius 1 is 0.826 bits per heavy atom. The fourth-order valence-electron chi connectivity index (χ4n) is 5.49. The maximum absolute atomic E-state index is 12.2. The van der Waals surface area contributed by atoms with Gasteiger partial charge in [0.25, 0.3) is 0 Å². The van der Waals surface area contributed by atoms with E-state index in [1.54, 1.807) is 0 Å². The van der Waals surface area contributed by atoms with Gasteiger partial charge in [0.1, 0.15) is 6.10 Å². The number of hydrogen-bond acceptors (Lipinski definition) is 3. The van der Waals surface area contributed by atoms with Crippen molar-refractivity contribution in [2.24, 2.45) is 17.8 Å². The molecule has 1 aliphatic heterocycles. The van der Waals surface area contributed by atoms with E-state index in [9.17, 15) is 4.79 Å². The molecule has 0 amide bonds. The third-order valence-corrected chi connectivity index (χ3v) is 6.16. The number of fused-ring (bicyclic) bond motifs is 5. The van der Waals surface area contributed by atoms with E-state index < -0.39 is 0 Å². The lowest BCUT2D eigenvalue weighted by Crippen LogP contribution is -2.36. The van der Waals surface area contributed by atoms with Crippen LogP contribution in [0.3, 0.4) is 0 Å². The van der Waals surface area contributed by atoms with Gasteiger partial charge < -0.3 is 0 Å². The summed E-state index contributed by atoms with van der Waals surface area (Å²) in [6.45, 7) is 0. The normalized spacial score (nSPS) is 33.5. The standard InChI is InChI=1S/C20H18O3/c21-19-17-15-11-12-16(18(17)22-23-19)20(15,13-7-3-1-4-8-13)14-9-5-2-6-10-14/h1-10,15-18H,11-12H2/t15-,16+,17+,18+/m0/s1. The summed E-state index contributed by atoms with van der Waals surface area (Å²) in [4.78, 5) is 22.6. The molecule has 1 saturated heterocycles. The molecule has 2 aromatic rings. The quantitative estimate of drug-likeness (QED) is 0.797. The molecule has 5 rings (SSSR count). The Hall–Kier alpha value is -2.13. The van der Waals surface area contributed by atoms with E-state index in [1.807, 2.05) is 12.1 Å². The van der Waals surface area contributed by atoms with Gasteiger partial charge in [-0.25, -0.2) is 4.79 Å². The molecule has 2 aliphatic carbocycles. The van der Waals surface area contributed by atoms with E-state index in [0.29, 0.717) is 0 Å². The average Bonchev–Trinajstić information content (AvgIpc) is 3.26. The molecule has 3 heteroatoms. The monoisotopic (exact) mass is 306 g/mol. The molecule has 1 heterocycles. The van der Waals surface area contributed by atoms with Crippen LogP contribution in [-0.2, 0) is 20.0 Å². The zero-order chi connectivity index (χ0) is 15.4. The molecule has 0 N–H and O–H groups in total. The molecule has 3 fully saturated rings. The van der Waals surface area contributed by atoms with Gasteiger partial charge >= 0.3 is 5.97 Å². The molecule has 0 aromatic heterocycles. The fourth-order valence-corrected chi connectivity index (χ4v) is 5.49. The molecule has 3 aliphatic rings. The van der Waals surface area contributed by atoms with Gasteiger partial charge in [-0.2, -0.15) is 4.89 Å². The van der Waals surface area contributed by atoms with Crippen molar-refractivity contribution >= 4 is 5.97 Å². The van der Waals surface area contributed by atoms with E-state index in [4.69, 9.17) is 9.78 Å². The van der Waals surface area contributed by atoms with Crippen LogP contribution in [0.4, 0.5) is 0 Å². The lowest BCUT2D eigenvalue weighted by Gasteiger charge is -2.37. The van der Waals surface area contributed by atoms with Gasteiger partial charge in [-0.1, -0.05) is 60.7 Å². The second kappa shape index (κ2) is 4.68. The van der Waals surface area contributed by atoms with Crippen molar-refractivity contribution in [1.82, 2.24) is 0 Å². The summed E-state index contributed by atoms with van der Waals surface area (Å²) in [5, 5.41) is 0. The van der Waals surface area contributed by atoms with Gasteiger partial charge in [0.15, 0.2) is 0 Å². The van der Waals surface area contributed by atoms with Gasteiger partial charge in [0, 0.05) is 11.3 Å². The predicted octanol–water partition coefficient (Wildman–Crippen LogP) is 3.49. The number of rotatable bonds is 2. The van der Waals surface area contributed by atoms with Crippen LogP contribution >= 0.6 is 0 Å². The lowest BCUT2D eigenvalue weighted by atomic mass is 9.66. The van der Waals surface area contributed by atoms with E-state index in [2.05, 4.69) is 48.5 Å². The first-order chi connectivity index (χ1) is 11.3. The minimum atomic E-state index is -0.182. The van der Waals surface area contributed by atoms with Crippen molar-refractivity contribution in [3.8, 4) is 0 Å². The maximum Gasteiger partial charge on any atom is 0.348 e. The van der Waals surface area contributed by atoms with E-state index >= 15 is 0 Å². The summed E-state index contributed by atoms with van der Waals surface area (Å²) in [5.74, 6) is 0.221. The smallest absolute Gasteiger partial charge is 0.298 e. The molecule has 0 radical (unpaired) electrons. The maximum atomic E-state index is 12.2. The van der Waals surface area contributed by atoms with Crippen molar-refractivity contribution in [3.63, 3.8) is 0 Å². The summed E-state index contributed by atoms with van der Waals surface area (Å²) >= 11 is 0. The minimum Gasteiger partial charge on any atom is -0.298 e. The Kier molecular flexibility index (Phi) is 2.71. The summed E-state index contributed by atoms with van der Waals surface area (Å²) in [6.07, 6.45) is 2.02. The Morgan fingerprint density at radius 3 is 1.96 bits per heavy atom.